The SMILES string of the molecule is COC(=O)C=Cc1cccc(NC(=O)C=CC(C)=Cc2ccccc2)c1. The van der Waals surface area contributed by atoms with E-state index in [1.165, 1.54) is 19.3 Å². The Morgan fingerprint density at radius 3 is 2.38 bits per heavy atom. The summed E-state index contributed by atoms with van der Waals surface area (Å²) < 4.78 is 4.55. The molecule has 2 aromatic carbocycles. The van der Waals surface area contributed by atoms with Crippen molar-refractivity contribution in [1.29, 1.82) is 0 Å². The van der Waals surface area contributed by atoms with Crippen LogP contribution >= 0.6 is 0 Å². The number of methoxy groups -OCH3 is 1. The Kier molecular flexibility index (Phi) is 7.13. The third-order valence-corrected chi connectivity index (χ3v) is 3.46. The first kappa shape index (κ1) is 18.9. The van der Waals surface area contributed by atoms with Crippen molar-refractivity contribution in [2.75, 3.05) is 12.4 Å². The van der Waals surface area contributed by atoms with Gasteiger partial charge in [-0.05, 0) is 36.3 Å². The number of amides is 1. The third kappa shape index (κ3) is 6.61. The molecule has 2 rings (SSSR count). The average Bonchev–Trinajstić information content (AvgIpc) is 2.65. The molecule has 0 spiro atoms. The van der Waals surface area contributed by atoms with Crippen molar-refractivity contribution in [2.24, 2.45) is 0 Å². The lowest BCUT2D eigenvalue weighted by molar-refractivity contribution is -0.134. The van der Waals surface area contributed by atoms with Gasteiger partial charge in [-0.1, -0.05) is 60.2 Å². The fourth-order valence-corrected chi connectivity index (χ4v) is 2.20. The van der Waals surface area contributed by atoms with Crippen LogP contribution in [0.4, 0.5) is 5.69 Å². The second-order valence-corrected chi connectivity index (χ2v) is 5.60. The first-order chi connectivity index (χ1) is 12.6. The third-order valence-electron chi connectivity index (χ3n) is 3.46. The summed E-state index contributed by atoms with van der Waals surface area (Å²) in [6, 6.07) is 17.1. The van der Waals surface area contributed by atoms with Gasteiger partial charge in [-0.3, -0.25) is 4.79 Å². The van der Waals surface area contributed by atoms with Crippen LogP contribution in [0.1, 0.15) is 18.1 Å². The molecule has 0 bridgehead atoms. The lowest BCUT2D eigenvalue weighted by Crippen LogP contribution is -2.07. The molecule has 1 N–H and O–H groups in total. The minimum absolute atomic E-state index is 0.222. The molecule has 0 saturated carbocycles. The van der Waals surface area contributed by atoms with E-state index in [9.17, 15) is 9.59 Å². The Morgan fingerprint density at radius 1 is 0.923 bits per heavy atom. The van der Waals surface area contributed by atoms with Crippen LogP contribution in [0.5, 0.6) is 0 Å². The van der Waals surface area contributed by atoms with Crippen LogP contribution in [0.15, 0.2) is 78.4 Å². The number of carbonyl (C=O) groups is 2. The van der Waals surface area contributed by atoms with Crippen LogP contribution in [0, 0.1) is 0 Å². The van der Waals surface area contributed by atoms with Gasteiger partial charge in [0.15, 0.2) is 0 Å². The van der Waals surface area contributed by atoms with Gasteiger partial charge in [0.2, 0.25) is 5.91 Å². The number of nitrogens with one attached hydrogen (secondary N) is 1. The molecule has 0 heterocycles. The highest BCUT2D eigenvalue weighted by Crippen LogP contribution is 2.13. The van der Waals surface area contributed by atoms with Gasteiger partial charge in [-0.15, -0.1) is 0 Å². The summed E-state index contributed by atoms with van der Waals surface area (Å²) in [5, 5.41) is 2.80. The number of hydrogen-bond acceptors (Lipinski definition) is 3. The van der Waals surface area contributed by atoms with Gasteiger partial charge in [0.05, 0.1) is 7.11 Å². The topological polar surface area (TPSA) is 55.4 Å². The molecule has 0 unspecified atom stereocenters. The predicted octanol–water partition coefficient (Wildman–Crippen LogP) is 4.47. The van der Waals surface area contributed by atoms with Crippen molar-refractivity contribution in [3.05, 3.63) is 89.5 Å². The Labute approximate surface area is 153 Å². The fraction of sp³-hybridized carbons (Fsp3) is 0.0909. The predicted molar refractivity (Wildman–Crippen MR) is 105 cm³/mol. The monoisotopic (exact) mass is 347 g/mol. The first-order valence-electron chi connectivity index (χ1n) is 8.15. The van der Waals surface area contributed by atoms with E-state index in [-0.39, 0.29) is 5.91 Å². The minimum atomic E-state index is -0.428. The summed E-state index contributed by atoms with van der Waals surface area (Å²) >= 11 is 0. The molecule has 0 fully saturated rings. The van der Waals surface area contributed by atoms with Crippen molar-refractivity contribution in [2.45, 2.75) is 6.92 Å². The summed E-state index contributed by atoms with van der Waals surface area (Å²) in [4.78, 5) is 23.2. The summed E-state index contributed by atoms with van der Waals surface area (Å²) in [5.41, 5.74) is 3.50. The van der Waals surface area contributed by atoms with Crippen LogP contribution in [-0.4, -0.2) is 19.0 Å². The van der Waals surface area contributed by atoms with E-state index in [4.69, 9.17) is 0 Å². The summed E-state index contributed by atoms with van der Waals surface area (Å²) in [5.74, 6) is -0.650. The number of ether oxygens (including phenoxy) is 1. The van der Waals surface area contributed by atoms with Crippen LogP contribution in [-0.2, 0) is 14.3 Å². The minimum Gasteiger partial charge on any atom is -0.466 e. The number of allylic oxidation sites excluding steroid dienone is 2. The number of anilines is 1. The van der Waals surface area contributed by atoms with Gasteiger partial charge in [-0.2, -0.15) is 0 Å². The molecule has 0 saturated heterocycles. The number of esters is 1. The number of carbonyl (C=O) groups excluding carboxylic acids is 2. The summed E-state index contributed by atoms with van der Waals surface area (Å²) in [7, 11) is 1.32. The maximum absolute atomic E-state index is 12.1. The summed E-state index contributed by atoms with van der Waals surface area (Å²) in [6.45, 7) is 1.94. The van der Waals surface area contributed by atoms with E-state index in [0.717, 1.165) is 16.7 Å². The number of hydrogen-bond donors (Lipinski definition) is 1. The van der Waals surface area contributed by atoms with E-state index in [0.29, 0.717) is 5.69 Å². The van der Waals surface area contributed by atoms with Gasteiger partial charge in [-0.25, -0.2) is 4.79 Å². The van der Waals surface area contributed by atoms with Crippen molar-refractivity contribution >= 4 is 29.7 Å². The Hall–Kier alpha value is -3.40. The van der Waals surface area contributed by atoms with Crippen molar-refractivity contribution in [3.8, 4) is 0 Å². The van der Waals surface area contributed by atoms with E-state index >= 15 is 0 Å². The van der Waals surface area contributed by atoms with Gasteiger partial charge in [0, 0.05) is 17.8 Å². The smallest absolute Gasteiger partial charge is 0.330 e. The van der Waals surface area contributed by atoms with Crippen LogP contribution in [0.2, 0.25) is 0 Å². The van der Waals surface area contributed by atoms with Crippen LogP contribution in [0.25, 0.3) is 12.2 Å². The Balaban J connectivity index is 1.98. The second kappa shape index (κ2) is 9.79. The van der Waals surface area contributed by atoms with E-state index < -0.39 is 5.97 Å². The maximum Gasteiger partial charge on any atom is 0.330 e. The average molecular weight is 347 g/mol. The van der Waals surface area contributed by atoms with E-state index in [1.807, 2.05) is 49.4 Å². The molecule has 2 aromatic rings. The molecule has 0 atom stereocenters. The van der Waals surface area contributed by atoms with Crippen molar-refractivity contribution in [1.82, 2.24) is 0 Å². The summed E-state index contributed by atoms with van der Waals surface area (Å²) in [6.07, 6.45) is 8.22. The largest absolute Gasteiger partial charge is 0.466 e. The molecule has 26 heavy (non-hydrogen) atoms. The standard InChI is InChI=1S/C22H21NO3/c1-17(15-18-7-4-3-5-8-18)11-13-21(24)23-20-10-6-9-19(16-20)12-14-22(25)26-2/h3-16H,1-2H3,(H,23,24). The molecule has 0 aromatic heterocycles. The van der Waals surface area contributed by atoms with Crippen molar-refractivity contribution in [3.63, 3.8) is 0 Å². The van der Waals surface area contributed by atoms with Gasteiger partial charge < -0.3 is 10.1 Å². The van der Waals surface area contributed by atoms with Crippen molar-refractivity contribution < 1.29 is 14.3 Å². The highest BCUT2D eigenvalue weighted by molar-refractivity contribution is 6.00. The van der Waals surface area contributed by atoms with Crippen LogP contribution in [0.3, 0.4) is 0 Å². The molecule has 132 valence electrons. The Bertz CT molecular complexity index is 849. The van der Waals surface area contributed by atoms with Gasteiger partial charge >= 0.3 is 5.97 Å². The van der Waals surface area contributed by atoms with E-state index in [2.05, 4.69) is 10.1 Å². The number of rotatable bonds is 6. The van der Waals surface area contributed by atoms with E-state index in [1.54, 1.807) is 30.4 Å². The zero-order valence-corrected chi connectivity index (χ0v) is 14.8. The normalized spacial score (nSPS) is 11.7. The fourth-order valence-electron chi connectivity index (χ4n) is 2.20. The number of benzene rings is 2. The molecule has 0 aliphatic rings. The lowest BCUT2D eigenvalue weighted by atomic mass is 10.1. The van der Waals surface area contributed by atoms with Crippen LogP contribution < -0.4 is 5.32 Å². The molecular formula is C22H21NO3. The zero-order valence-electron chi connectivity index (χ0n) is 14.8. The quantitative estimate of drug-likeness (QED) is 0.476. The van der Waals surface area contributed by atoms with Gasteiger partial charge in [0.1, 0.15) is 0 Å². The molecule has 4 nitrogen and oxygen atoms in total. The molecule has 0 aliphatic heterocycles. The molecule has 0 aliphatic carbocycles. The second-order valence-electron chi connectivity index (χ2n) is 5.60. The maximum atomic E-state index is 12.1. The Morgan fingerprint density at radius 2 is 1.65 bits per heavy atom. The first-order valence-corrected chi connectivity index (χ1v) is 8.15. The lowest BCUT2D eigenvalue weighted by Gasteiger charge is -2.03. The molecular weight excluding hydrogens is 326 g/mol. The zero-order chi connectivity index (χ0) is 18.8. The molecule has 0 radical (unpaired) electrons. The molecule has 4 heteroatoms. The highest BCUT2D eigenvalue weighted by Gasteiger charge is 1.99. The van der Waals surface area contributed by atoms with Gasteiger partial charge in [0.25, 0.3) is 0 Å². The highest BCUT2D eigenvalue weighted by atomic mass is 16.5. The molecule has 1 amide bonds.